The Morgan fingerprint density at radius 2 is 2.09 bits per heavy atom. The second-order valence-corrected chi connectivity index (χ2v) is 13.9. The van der Waals surface area contributed by atoms with Crippen molar-refractivity contribution in [2.75, 3.05) is 0 Å². The third kappa shape index (κ3) is 1.80. The zero-order chi connectivity index (χ0) is 15.8. The Balaban J connectivity index is 1.63. The molecule has 4 rings (SSSR count). The number of nitrogens with zero attached hydrogens (tertiary/aromatic N) is 1. The highest BCUT2D eigenvalue weighted by Gasteiger charge is 2.65. The van der Waals surface area contributed by atoms with Crippen LogP contribution >= 0.6 is 0 Å². The molecule has 0 amide bonds. The van der Waals surface area contributed by atoms with Crippen molar-refractivity contribution >= 4 is 14.0 Å². The second-order valence-electron chi connectivity index (χ2n) is 9.19. The van der Waals surface area contributed by atoms with Crippen LogP contribution in [-0.4, -0.2) is 26.2 Å². The average Bonchev–Trinajstić information content (AvgIpc) is 3.07. The monoisotopic (exact) mass is 319 g/mol. The van der Waals surface area contributed by atoms with Crippen molar-refractivity contribution in [3.05, 3.63) is 12.2 Å². The predicted molar refractivity (Wildman–Crippen MR) is 91.4 cm³/mol. The van der Waals surface area contributed by atoms with E-state index in [1.165, 1.54) is 25.0 Å². The third-order valence-corrected chi connectivity index (χ3v) is 11.5. The minimum absolute atomic E-state index is 0.171. The molecule has 0 aromatic heterocycles. The van der Waals surface area contributed by atoms with Crippen LogP contribution in [0.25, 0.3) is 0 Å². The number of allylic oxidation sites excluding steroid dienone is 1. The standard InChI is InChI=1S/C18H29NO2Si/c1-17(2,3)22(4,5)21-14-7-6-10-18-13-9-8-12(11-13)16(18)20-19-15(14)18/h8-9,12-14,16H,6-7,10-11H2,1-5H3/t12-,13+,14?,16+,18+/m0/s1. The lowest BCUT2D eigenvalue weighted by Crippen LogP contribution is -2.54. The van der Waals surface area contributed by atoms with Gasteiger partial charge in [0.1, 0.15) is 6.10 Å². The Hall–Kier alpha value is -0.613. The van der Waals surface area contributed by atoms with E-state index in [0.29, 0.717) is 17.9 Å². The van der Waals surface area contributed by atoms with Crippen LogP contribution in [0.5, 0.6) is 0 Å². The quantitative estimate of drug-likeness (QED) is 0.554. The Bertz CT molecular complexity index is 548. The summed E-state index contributed by atoms with van der Waals surface area (Å²) in [6, 6.07) is 0. The molecule has 4 aliphatic rings. The van der Waals surface area contributed by atoms with Crippen molar-refractivity contribution < 1.29 is 9.26 Å². The van der Waals surface area contributed by atoms with Gasteiger partial charge in [0, 0.05) is 5.92 Å². The number of hydrogen-bond donors (Lipinski definition) is 0. The summed E-state index contributed by atoms with van der Waals surface area (Å²) in [6.07, 6.45) is 10.1. The van der Waals surface area contributed by atoms with Gasteiger partial charge in [-0.25, -0.2) is 0 Å². The Morgan fingerprint density at radius 1 is 1.32 bits per heavy atom. The summed E-state index contributed by atoms with van der Waals surface area (Å²) in [6.45, 7) is 11.6. The highest BCUT2D eigenvalue weighted by Crippen LogP contribution is 2.61. The van der Waals surface area contributed by atoms with E-state index in [1.54, 1.807) is 0 Å². The molecule has 0 aromatic carbocycles. The second kappa shape index (κ2) is 4.47. The van der Waals surface area contributed by atoms with Gasteiger partial charge in [0.05, 0.1) is 17.2 Å². The fourth-order valence-corrected chi connectivity index (χ4v) is 6.11. The molecule has 4 heteroatoms. The molecule has 0 radical (unpaired) electrons. The van der Waals surface area contributed by atoms with Crippen LogP contribution in [0.1, 0.15) is 46.5 Å². The molecule has 1 spiro atoms. The first-order chi connectivity index (χ1) is 10.3. The number of oxime groups is 1. The molecule has 2 fully saturated rings. The van der Waals surface area contributed by atoms with E-state index in [-0.39, 0.29) is 16.6 Å². The number of hydrogen-bond acceptors (Lipinski definition) is 3. The molecule has 2 saturated carbocycles. The van der Waals surface area contributed by atoms with Crippen LogP contribution < -0.4 is 0 Å². The van der Waals surface area contributed by atoms with Crippen LogP contribution in [0.2, 0.25) is 18.1 Å². The van der Waals surface area contributed by atoms with Crippen LogP contribution in [0.3, 0.4) is 0 Å². The molecule has 22 heavy (non-hydrogen) atoms. The van der Waals surface area contributed by atoms with Gasteiger partial charge < -0.3 is 9.26 Å². The predicted octanol–water partition coefficient (Wildman–Crippen LogP) is 4.51. The van der Waals surface area contributed by atoms with E-state index in [0.717, 1.165) is 6.42 Å². The average molecular weight is 320 g/mol. The van der Waals surface area contributed by atoms with Gasteiger partial charge in [-0.15, -0.1) is 0 Å². The van der Waals surface area contributed by atoms with Crippen molar-refractivity contribution in [2.45, 2.75) is 76.8 Å². The van der Waals surface area contributed by atoms with E-state index in [9.17, 15) is 0 Å². The van der Waals surface area contributed by atoms with Gasteiger partial charge in [-0.05, 0) is 49.7 Å². The van der Waals surface area contributed by atoms with Crippen LogP contribution in [0.15, 0.2) is 17.3 Å². The van der Waals surface area contributed by atoms with Gasteiger partial charge in [-0.1, -0.05) is 38.1 Å². The van der Waals surface area contributed by atoms with E-state index in [2.05, 4.69) is 51.2 Å². The lowest BCUT2D eigenvalue weighted by Gasteiger charge is -2.45. The maximum absolute atomic E-state index is 6.77. The SMILES string of the molecule is CC(C)(C)[Si](C)(C)OC1CCC[C@@]23C1=NO[C@@H]2[C@H]1C=C[C@@H]3C1. The first-order valence-corrected chi connectivity index (χ1v) is 11.8. The fourth-order valence-electron chi connectivity index (χ4n) is 4.81. The minimum atomic E-state index is -1.77. The highest BCUT2D eigenvalue weighted by atomic mass is 28.4. The first kappa shape index (κ1) is 14.9. The summed E-state index contributed by atoms with van der Waals surface area (Å²) in [5.41, 5.74) is 1.43. The van der Waals surface area contributed by atoms with E-state index in [4.69, 9.17) is 9.26 Å². The van der Waals surface area contributed by atoms with Gasteiger partial charge in [-0.2, -0.15) is 0 Å². The van der Waals surface area contributed by atoms with E-state index in [1.807, 2.05) is 0 Å². The van der Waals surface area contributed by atoms with Gasteiger partial charge in [-0.3, -0.25) is 0 Å². The summed E-state index contributed by atoms with van der Waals surface area (Å²) in [4.78, 5) is 5.95. The lowest BCUT2D eigenvalue weighted by atomic mass is 9.63. The zero-order valence-corrected chi connectivity index (χ0v) is 15.6. The summed E-state index contributed by atoms with van der Waals surface area (Å²) in [7, 11) is -1.77. The maximum atomic E-state index is 6.77. The van der Waals surface area contributed by atoms with Crippen LogP contribution in [0, 0.1) is 17.3 Å². The molecule has 3 nitrogen and oxygen atoms in total. The molecule has 0 aromatic rings. The molecule has 1 heterocycles. The lowest BCUT2D eigenvalue weighted by molar-refractivity contribution is 0.00790. The molecular weight excluding hydrogens is 290 g/mol. The molecule has 122 valence electrons. The van der Waals surface area contributed by atoms with Crippen molar-refractivity contribution in [3.8, 4) is 0 Å². The summed E-state index contributed by atoms with van der Waals surface area (Å²) < 4.78 is 6.77. The zero-order valence-electron chi connectivity index (χ0n) is 14.6. The largest absolute Gasteiger partial charge is 0.409 e. The van der Waals surface area contributed by atoms with Crippen molar-refractivity contribution in [2.24, 2.45) is 22.4 Å². The van der Waals surface area contributed by atoms with Crippen molar-refractivity contribution in [1.82, 2.24) is 0 Å². The highest BCUT2D eigenvalue weighted by molar-refractivity contribution is 6.74. The van der Waals surface area contributed by atoms with Crippen molar-refractivity contribution in [3.63, 3.8) is 0 Å². The van der Waals surface area contributed by atoms with Crippen LogP contribution in [0.4, 0.5) is 0 Å². The molecule has 0 N–H and O–H groups in total. The maximum Gasteiger partial charge on any atom is 0.192 e. The Labute approximate surface area is 135 Å². The summed E-state index contributed by atoms with van der Waals surface area (Å²) in [5.74, 6) is 1.22. The summed E-state index contributed by atoms with van der Waals surface area (Å²) in [5, 5.41) is 4.84. The number of rotatable bonds is 2. The first-order valence-electron chi connectivity index (χ1n) is 8.86. The normalized spacial score (nSPS) is 42.9. The fraction of sp³-hybridized carbons (Fsp3) is 0.833. The Morgan fingerprint density at radius 3 is 2.82 bits per heavy atom. The van der Waals surface area contributed by atoms with Crippen LogP contribution in [-0.2, 0) is 9.26 Å². The molecular formula is C18H29NO2Si. The molecule has 3 aliphatic carbocycles. The molecule has 1 aliphatic heterocycles. The van der Waals surface area contributed by atoms with Crippen molar-refractivity contribution in [1.29, 1.82) is 0 Å². The van der Waals surface area contributed by atoms with Gasteiger partial charge in [0.25, 0.3) is 0 Å². The van der Waals surface area contributed by atoms with Gasteiger partial charge in [0.2, 0.25) is 0 Å². The minimum Gasteiger partial charge on any atom is -0.409 e. The smallest absolute Gasteiger partial charge is 0.192 e. The molecule has 2 bridgehead atoms. The van der Waals surface area contributed by atoms with E-state index < -0.39 is 8.32 Å². The topological polar surface area (TPSA) is 30.8 Å². The Kier molecular flexibility index (Phi) is 3.04. The third-order valence-electron chi connectivity index (χ3n) is 7.02. The molecule has 0 saturated heterocycles. The van der Waals surface area contributed by atoms with Gasteiger partial charge >= 0.3 is 0 Å². The van der Waals surface area contributed by atoms with E-state index >= 15 is 0 Å². The summed E-state index contributed by atoms with van der Waals surface area (Å²) >= 11 is 0. The molecule has 5 atom stereocenters. The van der Waals surface area contributed by atoms with Gasteiger partial charge in [0.15, 0.2) is 8.32 Å². The number of fused-ring (bicyclic) bond motifs is 3. The molecule has 1 unspecified atom stereocenters.